The second-order valence-corrected chi connectivity index (χ2v) is 5.82. The number of carboxylic acids is 1. The van der Waals surface area contributed by atoms with E-state index >= 15 is 0 Å². The first-order valence-electron chi connectivity index (χ1n) is 7.63. The van der Waals surface area contributed by atoms with Crippen LogP contribution in [0.1, 0.15) is 52.9 Å². The lowest BCUT2D eigenvalue weighted by molar-refractivity contribution is -0.154. The lowest BCUT2D eigenvalue weighted by atomic mass is 9.78. The van der Waals surface area contributed by atoms with Crippen LogP contribution in [0.4, 0.5) is 0 Å². The Morgan fingerprint density at radius 2 is 1.71 bits per heavy atom. The number of carbonyl (C=O) groups excluding carboxylic acids is 2. The third-order valence-electron chi connectivity index (χ3n) is 4.55. The molecule has 0 aliphatic carbocycles. The monoisotopic (exact) mass is 298 g/mol. The van der Waals surface area contributed by atoms with Crippen molar-refractivity contribution in [3.05, 3.63) is 0 Å². The molecule has 2 N–H and O–H groups in total. The summed E-state index contributed by atoms with van der Waals surface area (Å²) in [5.74, 6) is -1.04. The highest BCUT2D eigenvalue weighted by Crippen LogP contribution is 2.32. The molecule has 1 rings (SSSR count). The van der Waals surface area contributed by atoms with Crippen molar-refractivity contribution >= 4 is 17.8 Å². The molecule has 1 fully saturated rings. The summed E-state index contributed by atoms with van der Waals surface area (Å²) in [5.41, 5.74) is -0.953. The number of likely N-dealkylation sites (tertiary alicyclic amines) is 1. The molecule has 0 aromatic heterocycles. The lowest BCUT2D eigenvalue weighted by Crippen LogP contribution is -2.47. The summed E-state index contributed by atoms with van der Waals surface area (Å²) in [7, 11) is 0. The Bertz CT molecular complexity index is 396. The summed E-state index contributed by atoms with van der Waals surface area (Å²) < 4.78 is 0. The van der Waals surface area contributed by atoms with Gasteiger partial charge in [-0.25, -0.2) is 0 Å². The third-order valence-corrected chi connectivity index (χ3v) is 4.55. The topological polar surface area (TPSA) is 86.7 Å². The van der Waals surface area contributed by atoms with E-state index in [1.807, 2.05) is 13.8 Å². The van der Waals surface area contributed by atoms with Gasteiger partial charge in [-0.05, 0) is 25.7 Å². The average molecular weight is 298 g/mol. The second kappa shape index (κ2) is 7.43. The Kier molecular flexibility index (Phi) is 6.18. The molecule has 0 bridgehead atoms. The van der Waals surface area contributed by atoms with Crippen LogP contribution in [0.3, 0.4) is 0 Å². The first kappa shape index (κ1) is 17.5. The zero-order valence-corrected chi connectivity index (χ0v) is 13.1. The van der Waals surface area contributed by atoms with E-state index in [2.05, 4.69) is 5.32 Å². The van der Waals surface area contributed by atoms with Crippen LogP contribution in [-0.4, -0.2) is 46.9 Å². The van der Waals surface area contributed by atoms with E-state index in [1.165, 1.54) is 6.92 Å². The van der Waals surface area contributed by atoms with Crippen molar-refractivity contribution < 1.29 is 19.5 Å². The van der Waals surface area contributed by atoms with Gasteiger partial charge in [0, 0.05) is 32.5 Å². The first-order chi connectivity index (χ1) is 9.84. The maximum Gasteiger partial charge on any atom is 0.310 e. The number of hydrogen-bond acceptors (Lipinski definition) is 3. The highest BCUT2D eigenvalue weighted by Gasteiger charge is 2.38. The molecule has 1 aliphatic rings. The van der Waals surface area contributed by atoms with Crippen molar-refractivity contribution in [1.82, 2.24) is 10.2 Å². The van der Waals surface area contributed by atoms with Crippen LogP contribution in [0.25, 0.3) is 0 Å². The van der Waals surface area contributed by atoms with Crippen molar-refractivity contribution in [1.29, 1.82) is 0 Å². The van der Waals surface area contributed by atoms with E-state index in [9.17, 15) is 19.5 Å². The van der Waals surface area contributed by atoms with E-state index in [1.54, 1.807) is 4.90 Å². The number of rotatable bonds is 6. The number of piperidine rings is 1. The molecular weight excluding hydrogens is 272 g/mol. The molecule has 0 saturated carbocycles. The minimum Gasteiger partial charge on any atom is -0.481 e. The van der Waals surface area contributed by atoms with Gasteiger partial charge < -0.3 is 15.3 Å². The quantitative estimate of drug-likeness (QED) is 0.776. The van der Waals surface area contributed by atoms with Crippen molar-refractivity contribution in [2.75, 3.05) is 13.1 Å². The van der Waals surface area contributed by atoms with Gasteiger partial charge in [0.2, 0.25) is 11.8 Å². The van der Waals surface area contributed by atoms with Gasteiger partial charge in [-0.3, -0.25) is 14.4 Å². The number of hydrogen-bond donors (Lipinski definition) is 2. The molecule has 6 nitrogen and oxygen atoms in total. The van der Waals surface area contributed by atoms with Crippen molar-refractivity contribution in [2.45, 2.75) is 58.9 Å². The molecule has 120 valence electrons. The molecule has 0 unspecified atom stereocenters. The average Bonchev–Trinajstić information content (AvgIpc) is 2.44. The molecule has 0 spiro atoms. The van der Waals surface area contributed by atoms with Gasteiger partial charge in [-0.15, -0.1) is 0 Å². The lowest BCUT2D eigenvalue weighted by Gasteiger charge is -2.35. The Morgan fingerprint density at radius 1 is 1.19 bits per heavy atom. The fourth-order valence-corrected chi connectivity index (χ4v) is 2.84. The van der Waals surface area contributed by atoms with Gasteiger partial charge >= 0.3 is 5.97 Å². The molecule has 0 radical (unpaired) electrons. The van der Waals surface area contributed by atoms with Crippen LogP contribution < -0.4 is 5.32 Å². The van der Waals surface area contributed by atoms with Gasteiger partial charge in [0.15, 0.2) is 0 Å². The summed E-state index contributed by atoms with van der Waals surface area (Å²) in [5, 5.41) is 12.3. The largest absolute Gasteiger partial charge is 0.481 e. The standard InChI is InChI=1S/C15H26N2O4/c1-4-15(5-2,14(20)21)10-13(19)17-8-6-12(7-9-17)16-11(3)18/h12H,4-10H2,1-3H3,(H,16,18)(H,20,21). The fourth-order valence-electron chi connectivity index (χ4n) is 2.84. The zero-order valence-electron chi connectivity index (χ0n) is 13.1. The normalized spacial score (nSPS) is 16.6. The van der Waals surface area contributed by atoms with E-state index in [-0.39, 0.29) is 24.3 Å². The molecule has 0 atom stereocenters. The number of aliphatic carboxylic acids is 1. The molecule has 21 heavy (non-hydrogen) atoms. The van der Waals surface area contributed by atoms with Gasteiger partial charge in [-0.2, -0.15) is 0 Å². The van der Waals surface area contributed by atoms with Crippen molar-refractivity contribution in [3.8, 4) is 0 Å². The smallest absolute Gasteiger partial charge is 0.310 e. The summed E-state index contributed by atoms with van der Waals surface area (Å²) in [4.78, 5) is 36.5. The maximum absolute atomic E-state index is 12.3. The van der Waals surface area contributed by atoms with E-state index < -0.39 is 11.4 Å². The zero-order chi connectivity index (χ0) is 16.0. The number of nitrogens with one attached hydrogen (secondary N) is 1. The van der Waals surface area contributed by atoms with Crippen LogP contribution >= 0.6 is 0 Å². The summed E-state index contributed by atoms with van der Waals surface area (Å²) in [6.45, 7) is 6.27. The van der Waals surface area contributed by atoms with E-state index in [0.29, 0.717) is 25.9 Å². The molecule has 0 aromatic carbocycles. The molecule has 2 amide bonds. The van der Waals surface area contributed by atoms with Gasteiger partial charge in [-0.1, -0.05) is 13.8 Å². The highest BCUT2D eigenvalue weighted by atomic mass is 16.4. The number of carboxylic acid groups (broad SMARTS) is 1. The number of carbonyl (C=O) groups is 3. The molecule has 1 aliphatic heterocycles. The van der Waals surface area contributed by atoms with Gasteiger partial charge in [0.1, 0.15) is 0 Å². The molecule has 6 heteroatoms. The summed E-state index contributed by atoms with van der Waals surface area (Å²) >= 11 is 0. The Balaban J connectivity index is 2.57. The van der Waals surface area contributed by atoms with Crippen LogP contribution in [0.5, 0.6) is 0 Å². The Hall–Kier alpha value is -1.59. The van der Waals surface area contributed by atoms with Crippen molar-refractivity contribution in [2.24, 2.45) is 5.41 Å². The molecule has 0 aromatic rings. The number of amides is 2. The Labute approximate surface area is 125 Å². The minimum atomic E-state index is -0.953. The van der Waals surface area contributed by atoms with Crippen LogP contribution in [0.2, 0.25) is 0 Å². The van der Waals surface area contributed by atoms with Gasteiger partial charge in [0.25, 0.3) is 0 Å². The van der Waals surface area contributed by atoms with Crippen LogP contribution in [0, 0.1) is 5.41 Å². The first-order valence-corrected chi connectivity index (χ1v) is 7.63. The molecular formula is C15H26N2O4. The second-order valence-electron chi connectivity index (χ2n) is 5.82. The van der Waals surface area contributed by atoms with E-state index in [4.69, 9.17) is 0 Å². The van der Waals surface area contributed by atoms with Crippen LogP contribution in [0.15, 0.2) is 0 Å². The highest BCUT2D eigenvalue weighted by molar-refractivity contribution is 5.85. The minimum absolute atomic E-state index is 0.0540. The predicted molar refractivity (Wildman–Crippen MR) is 78.7 cm³/mol. The summed E-state index contributed by atoms with van der Waals surface area (Å²) in [6, 6.07) is 0.119. The SMILES string of the molecule is CCC(CC)(CC(=O)N1CCC(NC(C)=O)CC1)C(=O)O. The maximum atomic E-state index is 12.3. The third kappa shape index (κ3) is 4.44. The summed E-state index contributed by atoms with van der Waals surface area (Å²) in [6.07, 6.45) is 2.41. The van der Waals surface area contributed by atoms with Crippen molar-refractivity contribution in [3.63, 3.8) is 0 Å². The fraction of sp³-hybridized carbons (Fsp3) is 0.800. The Morgan fingerprint density at radius 3 is 2.10 bits per heavy atom. The predicted octanol–water partition coefficient (Wildman–Crippen LogP) is 1.39. The van der Waals surface area contributed by atoms with E-state index in [0.717, 1.165) is 12.8 Å². The molecule has 1 heterocycles. The van der Waals surface area contributed by atoms with Gasteiger partial charge in [0.05, 0.1) is 5.41 Å². The van der Waals surface area contributed by atoms with Crippen LogP contribution in [-0.2, 0) is 14.4 Å². The molecule has 1 saturated heterocycles. The number of nitrogens with zero attached hydrogens (tertiary/aromatic N) is 1.